The highest BCUT2D eigenvalue weighted by Crippen LogP contribution is 1.87. The van der Waals surface area contributed by atoms with Crippen LogP contribution < -0.4 is 0 Å². The van der Waals surface area contributed by atoms with Gasteiger partial charge < -0.3 is 4.74 Å². The molecule has 0 aromatic heterocycles. The molecule has 0 aliphatic heterocycles. The molecule has 0 aliphatic rings. The lowest BCUT2D eigenvalue weighted by molar-refractivity contribution is -0.708. The normalized spacial score (nSPS) is 10.7. The second kappa shape index (κ2) is 13.3. The highest BCUT2D eigenvalue weighted by Gasteiger charge is 1.92. The van der Waals surface area contributed by atoms with Gasteiger partial charge in [-0.3, -0.25) is 0 Å². The zero-order chi connectivity index (χ0) is 10.5. The topological polar surface area (TPSA) is 55.4 Å². The average Bonchev–Trinajstić information content (AvgIpc) is 2.21. The Morgan fingerprint density at radius 1 is 0.643 bits per heavy atom. The Bertz CT molecular complexity index is 94.3. The monoisotopic (exact) mass is 250 g/mol. The summed E-state index contributed by atoms with van der Waals surface area (Å²) in [6, 6.07) is 0. The molecule has 0 spiro atoms. The van der Waals surface area contributed by atoms with Crippen LogP contribution in [0.2, 0.25) is 0 Å². The molecule has 0 fully saturated rings. The van der Waals surface area contributed by atoms with Crippen LogP contribution in [0.15, 0.2) is 0 Å². The van der Waals surface area contributed by atoms with E-state index in [1.807, 2.05) is 0 Å². The molecular formula is C6H12Cl2O6. The van der Waals surface area contributed by atoms with Crippen LogP contribution in [-0.4, -0.2) is 38.2 Å². The highest BCUT2D eigenvalue weighted by atomic mass is 35.5. The largest absolute Gasteiger partial charge is 0.378 e. The summed E-state index contributed by atoms with van der Waals surface area (Å²) in [7, 11) is 0. The van der Waals surface area contributed by atoms with Crippen molar-refractivity contribution in [2.75, 3.05) is 38.2 Å². The van der Waals surface area contributed by atoms with Crippen LogP contribution in [0.1, 0.15) is 0 Å². The minimum absolute atomic E-state index is 0.184. The van der Waals surface area contributed by atoms with Crippen molar-refractivity contribution in [1.29, 1.82) is 0 Å². The Labute approximate surface area is 91.6 Å². The lowest BCUT2D eigenvalue weighted by atomic mass is 10.7. The van der Waals surface area contributed by atoms with Crippen molar-refractivity contribution in [1.82, 2.24) is 0 Å². The van der Waals surface area contributed by atoms with Crippen LogP contribution in [0.3, 0.4) is 0 Å². The SMILES string of the molecule is ClCCOCCOOOOOCCCl. The molecular weight excluding hydrogens is 239 g/mol. The molecule has 86 valence electrons. The Balaban J connectivity index is 2.78. The van der Waals surface area contributed by atoms with E-state index in [-0.39, 0.29) is 19.1 Å². The summed E-state index contributed by atoms with van der Waals surface area (Å²) >= 11 is 10.6. The standard InChI is InChI=1S/C6H12Cl2O6/c7-1-3-9-5-6-11-13-14-12-10-4-2-8/h1-6H2. The van der Waals surface area contributed by atoms with Gasteiger partial charge in [-0.25, -0.2) is 9.78 Å². The maximum Gasteiger partial charge on any atom is 0.109 e. The lowest BCUT2D eigenvalue weighted by Gasteiger charge is -2.01. The fourth-order valence-electron chi connectivity index (χ4n) is 0.400. The Kier molecular flexibility index (Phi) is 13.7. The van der Waals surface area contributed by atoms with Crippen molar-refractivity contribution in [3.63, 3.8) is 0 Å². The van der Waals surface area contributed by atoms with Crippen molar-refractivity contribution in [3.05, 3.63) is 0 Å². The molecule has 8 heteroatoms. The summed E-state index contributed by atoms with van der Waals surface area (Å²) in [5.74, 6) is 0.725. The summed E-state index contributed by atoms with van der Waals surface area (Å²) in [5.41, 5.74) is 0. The van der Waals surface area contributed by atoms with Gasteiger partial charge in [0.15, 0.2) is 0 Å². The molecule has 0 aliphatic carbocycles. The second-order valence-electron chi connectivity index (χ2n) is 1.84. The van der Waals surface area contributed by atoms with Gasteiger partial charge >= 0.3 is 0 Å². The first-order valence-electron chi connectivity index (χ1n) is 3.86. The predicted octanol–water partition coefficient (Wildman–Crippen LogP) is 1.22. The Morgan fingerprint density at radius 3 is 1.93 bits per heavy atom. The molecule has 0 saturated carbocycles. The summed E-state index contributed by atoms with van der Waals surface area (Å²) in [4.78, 5) is 8.75. The van der Waals surface area contributed by atoms with Gasteiger partial charge in [0.25, 0.3) is 0 Å². The molecule has 0 amide bonds. The van der Waals surface area contributed by atoms with Gasteiger partial charge in [0.1, 0.15) is 6.61 Å². The van der Waals surface area contributed by atoms with Crippen molar-refractivity contribution in [3.8, 4) is 0 Å². The van der Waals surface area contributed by atoms with E-state index < -0.39 is 0 Å². The smallest absolute Gasteiger partial charge is 0.109 e. The lowest BCUT2D eigenvalue weighted by Crippen LogP contribution is -2.07. The summed E-state index contributed by atoms with van der Waals surface area (Å²) in [5, 5.41) is 12.0. The van der Waals surface area contributed by atoms with Gasteiger partial charge in [-0.05, 0) is 15.1 Å². The summed E-state index contributed by atoms with van der Waals surface area (Å²) < 4.78 is 4.95. The predicted molar refractivity (Wildman–Crippen MR) is 47.4 cm³/mol. The van der Waals surface area contributed by atoms with E-state index in [1.165, 1.54) is 0 Å². The maximum absolute atomic E-state index is 5.34. The van der Waals surface area contributed by atoms with Gasteiger partial charge in [0.2, 0.25) is 0 Å². The molecule has 0 aromatic rings. The quantitative estimate of drug-likeness (QED) is 0.238. The van der Waals surface area contributed by atoms with E-state index in [0.717, 1.165) is 0 Å². The summed E-state index contributed by atoms with van der Waals surface area (Å²) in [6.07, 6.45) is 0. The average molecular weight is 251 g/mol. The molecule has 0 unspecified atom stereocenters. The van der Waals surface area contributed by atoms with Crippen LogP contribution >= 0.6 is 23.2 Å². The van der Waals surface area contributed by atoms with Crippen molar-refractivity contribution >= 4 is 23.2 Å². The van der Waals surface area contributed by atoms with Gasteiger partial charge in [-0.1, -0.05) is 0 Å². The molecule has 0 rings (SSSR count). The third kappa shape index (κ3) is 12.3. The number of ether oxygens (including phenoxy) is 1. The maximum atomic E-state index is 5.34. The van der Waals surface area contributed by atoms with E-state index in [9.17, 15) is 0 Å². The first kappa shape index (κ1) is 14.3. The van der Waals surface area contributed by atoms with E-state index in [1.54, 1.807) is 0 Å². The molecule has 14 heavy (non-hydrogen) atoms. The fraction of sp³-hybridized carbons (Fsp3) is 1.00. The zero-order valence-electron chi connectivity index (χ0n) is 7.45. The first-order valence-corrected chi connectivity index (χ1v) is 4.92. The van der Waals surface area contributed by atoms with Crippen LogP contribution in [0.5, 0.6) is 0 Å². The number of halogens is 2. The summed E-state index contributed by atoms with van der Waals surface area (Å²) in [6.45, 7) is 1.18. The van der Waals surface area contributed by atoms with Crippen LogP contribution in [0.4, 0.5) is 0 Å². The third-order valence-electron chi connectivity index (χ3n) is 0.845. The number of hydrogen-bond acceptors (Lipinski definition) is 6. The molecule has 0 bridgehead atoms. The highest BCUT2D eigenvalue weighted by molar-refractivity contribution is 6.18. The van der Waals surface area contributed by atoms with E-state index in [0.29, 0.717) is 19.1 Å². The Hall–Kier alpha value is 0.340. The van der Waals surface area contributed by atoms with Gasteiger partial charge in [-0.2, -0.15) is 0 Å². The van der Waals surface area contributed by atoms with E-state index in [2.05, 4.69) is 24.9 Å². The number of hydrogen-bond donors (Lipinski definition) is 0. The zero-order valence-corrected chi connectivity index (χ0v) is 8.96. The van der Waals surface area contributed by atoms with Crippen molar-refractivity contribution in [2.24, 2.45) is 0 Å². The van der Waals surface area contributed by atoms with E-state index >= 15 is 0 Å². The van der Waals surface area contributed by atoms with Gasteiger partial charge in [0.05, 0.1) is 19.8 Å². The molecule has 0 atom stereocenters. The molecule has 0 saturated heterocycles. The third-order valence-corrected chi connectivity index (χ3v) is 1.15. The molecule has 0 aromatic carbocycles. The second-order valence-corrected chi connectivity index (χ2v) is 2.59. The Morgan fingerprint density at radius 2 is 1.29 bits per heavy atom. The molecule has 0 radical (unpaired) electrons. The molecule has 6 nitrogen and oxygen atoms in total. The molecule has 0 N–H and O–H groups in total. The number of alkyl halides is 2. The van der Waals surface area contributed by atoms with E-state index in [4.69, 9.17) is 27.9 Å². The van der Waals surface area contributed by atoms with Crippen molar-refractivity contribution in [2.45, 2.75) is 0 Å². The minimum Gasteiger partial charge on any atom is -0.378 e. The van der Waals surface area contributed by atoms with Gasteiger partial charge in [0, 0.05) is 11.8 Å². The molecule has 0 heterocycles. The van der Waals surface area contributed by atoms with Crippen LogP contribution in [0, 0.1) is 0 Å². The van der Waals surface area contributed by atoms with Crippen LogP contribution in [0.25, 0.3) is 0 Å². The first-order chi connectivity index (χ1) is 6.91. The van der Waals surface area contributed by atoms with Crippen molar-refractivity contribution < 1.29 is 29.6 Å². The van der Waals surface area contributed by atoms with Crippen LogP contribution in [-0.2, 0) is 29.6 Å². The van der Waals surface area contributed by atoms with Gasteiger partial charge in [-0.15, -0.1) is 23.2 Å². The number of rotatable bonds is 11. The minimum atomic E-state index is 0.184. The fourth-order valence-corrected chi connectivity index (χ4v) is 0.572.